The number of amides is 1. The van der Waals surface area contributed by atoms with Gasteiger partial charge in [-0.3, -0.25) is 4.79 Å². The molecule has 3 aromatic carbocycles. The van der Waals surface area contributed by atoms with Crippen LogP contribution in [-0.4, -0.2) is 24.7 Å². The Kier molecular flexibility index (Phi) is 7.75. The van der Waals surface area contributed by atoms with Gasteiger partial charge in [0.2, 0.25) is 0 Å². The SMILES string of the molecule is O=C(CNC1CCCCC1)N/N=C\c1c(OCc2ccc(Cl)cc2)ccc2ccccc12. The second-order valence-electron chi connectivity index (χ2n) is 8.12. The van der Waals surface area contributed by atoms with E-state index in [1.807, 2.05) is 60.7 Å². The second-order valence-corrected chi connectivity index (χ2v) is 8.56. The second kappa shape index (κ2) is 11.1. The van der Waals surface area contributed by atoms with Crippen LogP contribution in [-0.2, 0) is 11.4 Å². The molecule has 0 unspecified atom stereocenters. The van der Waals surface area contributed by atoms with Gasteiger partial charge in [0.1, 0.15) is 12.4 Å². The van der Waals surface area contributed by atoms with Crippen LogP contribution in [0.4, 0.5) is 0 Å². The fraction of sp³-hybridized carbons (Fsp3) is 0.308. The van der Waals surface area contributed by atoms with Crippen LogP contribution < -0.4 is 15.5 Å². The van der Waals surface area contributed by atoms with Gasteiger partial charge in [-0.05, 0) is 47.4 Å². The normalized spacial score (nSPS) is 14.7. The first-order valence-corrected chi connectivity index (χ1v) is 11.5. The van der Waals surface area contributed by atoms with Crippen molar-refractivity contribution in [1.82, 2.24) is 10.7 Å². The molecular formula is C26H28ClN3O2. The van der Waals surface area contributed by atoms with Crippen LogP contribution in [0.25, 0.3) is 10.8 Å². The lowest BCUT2D eigenvalue weighted by Crippen LogP contribution is -2.38. The average molecular weight is 450 g/mol. The van der Waals surface area contributed by atoms with E-state index in [1.165, 1.54) is 19.3 Å². The summed E-state index contributed by atoms with van der Waals surface area (Å²) in [6.07, 6.45) is 7.70. The third kappa shape index (κ3) is 6.09. The number of hydrazone groups is 1. The van der Waals surface area contributed by atoms with Crippen molar-refractivity contribution in [3.05, 3.63) is 76.8 Å². The predicted molar refractivity (Wildman–Crippen MR) is 130 cm³/mol. The Labute approximate surface area is 193 Å². The molecule has 1 aliphatic rings. The van der Waals surface area contributed by atoms with Crippen LogP contribution in [0.3, 0.4) is 0 Å². The molecule has 0 bridgehead atoms. The molecule has 5 nitrogen and oxygen atoms in total. The van der Waals surface area contributed by atoms with Crippen molar-refractivity contribution in [1.29, 1.82) is 0 Å². The molecule has 166 valence electrons. The summed E-state index contributed by atoms with van der Waals surface area (Å²) in [4.78, 5) is 12.2. The smallest absolute Gasteiger partial charge is 0.254 e. The number of carbonyl (C=O) groups is 1. The Morgan fingerprint density at radius 2 is 1.81 bits per heavy atom. The summed E-state index contributed by atoms with van der Waals surface area (Å²) in [5.74, 6) is 0.563. The minimum absolute atomic E-state index is 0.143. The van der Waals surface area contributed by atoms with Gasteiger partial charge in [0.15, 0.2) is 0 Å². The quantitative estimate of drug-likeness (QED) is 0.355. The fourth-order valence-corrected chi connectivity index (χ4v) is 4.15. The molecule has 1 aliphatic carbocycles. The maximum atomic E-state index is 12.2. The summed E-state index contributed by atoms with van der Waals surface area (Å²) in [5, 5.41) is 10.3. The largest absolute Gasteiger partial charge is 0.488 e. The standard InChI is InChI=1S/C26H28ClN3O2/c27-21-13-10-19(11-14-21)18-32-25-15-12-20-6-4-5-9-23(20)24(25)16-29-30-26(31)17-28-22-7-2-1-3-8-22/h4-6,9-16,22,28H,1-3,7-8,17-18H2,(H,30,31)/b29-16-. The van der Waals surface area contributed by atoms with E-state index in [1.54, 1.807) is 6.21 Å². The molecule has 0 atom stereocenters. The topological polar surface area (TPSA) is 62.7 Å². The Hall–Kier alpha value is -2.89. The fourth-order valence-electron chi connectivity index (χ4n) is 4.03. The highest BCUT2D eigenvalue weighted by Gasteiger charge is 2.14. The van der Waals surface area contributed by atoms with E-state index in [-0.39, 0.29) is 12.5 Å². The number of nitrogens with one attached hydrogen (secondary N) is 2. The van der Waals surface area contributed by atoms with E-state index in [4.69, 9.17) is 16.3 Å². The van der Waals surface area contributed by atoms with Crippen LogP contribution in [0.1, 0.15) is 43.2 Å². The molecular weight excluding hydrogens is 422 g/mol. The first kappa shape index (κ1) is 22.3. The van der Waals surface area contributed by atoms with Crippen LogP contribution in [0.5, 0.6) is 5.75 Å². The van der Waals surface area contributed by atoms with E-state index < -0.39 is 0 Å². The van der Waals surface area contributed by atoms with Gasteiger partial charge in [-0.2, -0.15) is 5.10 Å². The summed E-state index contributed by atoms with van der Waals surface area (Å²) in [5.41, 5.74) is 4.49. The summed E-state index contributed by atoms with van der Waals surface area (Å²) in [6.45, 7) is 0.686. The molecule has 4 rings (SSSR count). The van der Waals surface area contributed by atoms with Crippen molar-refractivity contribution in [3.8, 4) is 5.75 Å². The maximum Gasteiger partial charge on any atom is 0.254 e. The van der Waals surface area contributed by atoms with Gasteiger partial charge < -0.3 is 10.1 Å². The highest BCUT2D eigenvalue weighted by Crippen LogP contribution is 2.27. The first-order chi connectivity index (χ1) is 15.7. The predicted octanol–water partition coefficient (Wildman–Crippen LogP) is 5.44. The zero-order chi connectivity index (χ0) is 22.2. The molecule has 6 heteroatoms. The highest BCUT2D eigenvalue weighted by molar-refractivity contribution is 6.30. The van der Waals surface area contributed by atoms with Crippen LogP contribution in [0.15, 0.2) is 65.8 Å². The molecule has 0 aliphatic heterocycles. The molecule has 0 radical (unpaired) electrons. The summed E-state index contributed by atoms with van der Waals surface area (Å²) >= 11 is 5.97. The van der Waals surface area contributed by atoms with Crippen LogP contribution in [0, 0.1) is 0 Å². The minimum Gasteiger partial charge on any atom is -0.488 e. The molecule has 1 amide bonds. The number of rotatable bonds is 8. The monoisotopic (exact) mass is 449 g/mol. The molecule has 0 heterocycles. The minimum atomic E-state index is -0.143. The third-order valence-corrected chi connectivity index (χ3v) is 6.03. The summed E-state index contributed by atoms with van der Waals surface area (Å²) in [6, 6.07) is 20.0. The molecule has 1 saturated carbocycles. The van der Waals surface area contributed by atoms with Crippen molar-refractivity contribution in [2.24, 2.45) is 5.10 Å². The van der Waals surface area contributed by atoms with Gasteiger partial charge in [0, 0.05) is 16.6 Å². The maximum absolute atomic E-state index is 12.2. The molecule has 0 spiro atoms. The van der Waals surface area contributed by atoms with Gasteiger partial charge in [-0.25, -0.2) is 5.43 Å². The molecule has 2 N–H and O–H groups in total. The first-order valence-electron chi connectivity index (χ1n) is 11.1. The van der Waals surface area contributed by atoms with Gasteiger partial charge in [-0.15, -0.1) is 0 Å². The van der Waals surface area contributed by atoms with E-state index >= 15 is 0 Å². The number of ether oxygens (including phenoxy) is 1. The van der Waals surface area contributed by atoms with Crippen molar-refractivity contribution in [2.45, 2.75) is 44.8 Å². The van der Waals surface area contributed by atoms with E-state index in [0.717, 1.165) is 34.7 Å². The Morgan fingerprint density at radius 1 is 1.03 bits per heavy atom. The number of benzene rings is 3. The van der Waals surface area contributed by atoms with Crippen LogP contribution in [0.2, 0.25) is 5.02 Å². The van der Waals surface area contributed by atoms with Gasteiger partial charge in [-0.1, -0.05) is 73.3 Å². The number of nitrogens with zero attached hydrogens (tertiary/aromatic N) is 1. The highest BCUT2D eigenvalue weighted by atomic mass is 35.5. The molecule has 32 heavy (non-hydrogen) atoms. The Bertz CT molecular complexity index is 1080. The van der Waals surface area contributed by atoms with E-state index in [2.05, 4.69) is 15.8 Å². The Morgan fingerprint density at radius 3 is 2.62 bits per heavy atom. The number of hydrogen-bond donors (Lipinski definition) is 2. The van der Waals surface area contributed by atoms with Crippen molar-refractivity contribution in [2.75, 3.05) is 6.54 Å². The van der Waals surface area contributed by atoms with Gasteiger partial charge in [0.25, 0.3) is 5.91 Å². The molecule has 3 aromatic rings. The van der Waals surface area contributed by atoms with Gasteiger partial charge >= 0.3 is 0 Å². The van der Waals surface area contributed by atoms with Crippen molar-refractivity contribution >= 4 is 34.5 Å². The lowest BCUT2D eigenvalue weighted by Gasteiger charge is -2.22. The Balaban J connectivity index is 1.43. The number of carbonyl (C=O) groups excluding carboxylic acids is 1. The zero-order valence-corrected chi connectivity index (χ0v) is 18.8. The zero-order valence-electron chi connectivity index (χ0n) is 18.0. The lowest BCUT2D eigenvalue weighted by molar-refractivity contribution is -0.120. The van der Waals surface area contributed by atoms with E-state index in [9.17, 15) is 4.79 Å². The van der Waals surface area contributed by atoms with Crippen molar-refractivity contribution < 1.29 is 9.53 Å². The molecule has 1 fully saturated rings. The van der Waals surface area contributed by atoms with Crippen LogP contribution >= 0.6 is 11.6 Å². The number of halogens is 1. The van der Waals surface area contributed by atoms with Gasteiger partial charge in [0.05, 0.1) is 12.8 Å². The number of hydrogen-bond acceptors (Lipinski definition) is 4. The average Bonchev–Trinajstić information content (AvgIpc) is 2.83. The molecule has 0 saturated heterocycles. The third-order valence-electron chi connectivity index (χ3n) is 5.78. The van der Waals surface area contributed by atoms with E-state index in [0.29, 0.717) is 23.4 Å². The summed E-state index contributed by atoms with van der Waals surface area (Å²) in [7, 11) is 0. The summed E-state index contributed by atoms with van der Waals surface area (Å²) < 4.78 is 6.10. The lowest BCUT2D eigenvalue weighted by atomic mass is 9.95. The molecule has 0 aromatic heterocycles. The number of fused-ring (bicyclic) bond motifs is 1. The van der Waals surface area contributed by atoms with Crippen molar-refractivity contribution in [3.63, 3.8) is 0 Å².